The monoisotopic (exact) mass is 280 g/mol. The summed E-state index contributed by atoms with van der Waals surface area (Å²) in [6.45, 7) is 0.584. The molecule has 0 fully saturated rings. The molecule has 0 bridgehead atoms. The van der Waals surface area contributed by atoms with Gasteiger partial charge in [-0.25, -0.2) is 4.39 Å². The second kappa shape index (κ2) is 5.07. The molecule has 0 aliphatic heterocycles. The second-order valence-electron chi connectivity index (χ2n) is 3.33. The molecule has 2 nitrogen and oxygen atoms in total. The van der Waals surface area contributed by atoms with Crippen molar-refractivity contribution in [2.45, 2.75) is 6.54 Å². The summed E-state index contributed by atoms with van der Waals surface area (Å²) in [6, 6.07) is 8.74. The number of hydrogen-bond donors (Lipinski definition) is 1. The van der Waals surface area contributed by atoms with Crippen molar-refractivity contribution in [3.8, 4) is 0 Å². The highest BCUT2D eigenvalue weighted by atomic mass is 79.9. The molecule has 1 heterocycles. The molecule has 0 unspecified atom stereocenters. The van der Waals surface area contributed by atoms with E-state index in [1.165, 1.54) is 6.07 Å². The first kappa shape index (κ1) is 11.1. The molecule has 1 aromatic heterocycles. The van der Waals surface area contributed by atoms with E-state index in [0.29, 0.717) is 12.2 Å². The Bertz CT molecular complexity index is 474. The van der Waals surface area contributed by atoms with E-state index in [4.69, 9.17) is 0 Å². The molecule has 2 aromatic rings. The molecular formula is C12H10BrFN2. The number of rotatable bonds is 3. The zero-order valence-electron chi connectivity index (χ0n) is 8.45. The van der Waals surface area contributed by atoms with Gasteiger partial charge in [0.1, 0.15) is 5.82 Å². The summed E-state index contributed by atoms with van der Waals surface area (Å²) >= 11 is 3.22. The van der Waals surface area contributed by atoms with Crippen LogP contribution in [0.5, 0.6) is 0 Å². The Morgan fingerprint density at radius 3 is 2.62 bits per heavy atom. The van der Waals surface area contributed by atoms with Gasteiger partial charge in [-0.2, -0.15) is 0 Å². The molecular weight excluding hydrogens is 271 g/mol. The molecule has 4 heteroatoms. The molecule has 0 aliphatic rings. The van der Waals surface area contributed by atoms with Gasteiger partial charge in [0.15, 0.2) is 0 Å². The lowest BCUT2D eigenvalue weighted by Gasteiger charge is -2.07. The maximum Gasteiger partial charge on any atom is 0.147 e. The van der Waals surface area contributed by atoms with Crippen molar-refractivity contribution in [1.82, 2.24) is 4.98 Å². The topological polar surface area (TPSA) is 24.9 Å². The van der Waals surface area contributed by atoms with Gasteiger partial charge in [0, 0.05) is 23.4 Å². The SMILES string of the molecule is Fc1cc(Br)ccc1NCc1ccncc1. The van der Waals surface area contributed by atoms with Crippen molar-refractivity contribution in [1.29, 1.82) is 0 Å². The van der Waals surface area contributed by atoms with E-state index in [2.05, 4.69) is 26.2 Å². The highest BCUT2D eigenvalue weighted by Crippen LogP contribution is 2.19. The van der Waals surface area contributed by atoms with Gasteiger partial charge in [-0.05, 0) is 35.9 Å². The van der Waals surface area contributed by atoms with Crippen LogP contribution in [0, 0.1) is 5.82 Å². The van der Waals surface area contributed by atoms with Crippen molar-refractivity contribution in [2.24, 2.45) is 0 Å². The molecule has 0 saturated carbocycles. The van der Waals surface area contributed by atoms with Gasteiger partial charge >= 0.3 is 0 Å². The first-order valence-corrected chi connectivity index (χ1v) is 5.63. The van der Waals surface area contributed by atoms with Gasteiger partial charge < -0.3 is 5.32 Å². The van der Waals surface area contributed by atoms with Crippen LogP contribution in [0.2, 0.25) is 0 Å². The molecule has 0 atom stereocenters. The van der Waals surface area contributed by atoms with E-state index in [1.807, 2.05) is 12.1 Å². The molecule has 0 spiro atoms. The van der Waals surface area contributed by atoms with Crippen molar-refractivity contribution >= 4 is 21.6 Å². The van der Waals surface area contributed by atoms with Gasteiger partial charge in [-0.1, -0.05) is 15.9 Å². The normalized spacial score (nSPS) is 10.1. The van der Waals surface area contributed by atoms with Crippen LogP contribution < -0.4 is 5.32 Å². The molecule has 0 radical (unpaired) electrons. The van der Waals surface area contributed by atoms with Crippen LogP contribution in [0.25, 0.3) is 0 Å². The fourth-order valence-corrected chi connectivity index (χ4v) is 1.66. The Balaban J connectivity index is 2.05. The van der Waals surface area contributed by atoms with Gasteiger partial charge in [0.25, 0.3) is 0 Å². The summed E-state index contributed by atoms with van der Waals surface area (Å²) in [5, 5.41) is 3.03. The zero-order valence-corrected chi connectivity index (χ0v) is 10.0. The van der Waals surface area contributed by atoms with E-state index in [1.54, 1.807) is 24.5 Å². The quantitative estimate of drug-likeness (QED) is 0.929. The summed E-state index contributed by atoms with van der Waals surface area (Å²) in [5.74, 6) is -0.261. The van der Waals surface area contributed by atoms with E-state index in [-0.39, 0.29) is 5.82 Å². The minimum Gasteiger partial charge on any atom is -0.379 e. The first-order valence-electron chi connectivity index (χ1n) is 4.83. The van der Waals surface area contributed by atoms with Crippen LogP contribution in [0.3, 0.4) is 0 Å². The summed E-state index contributed by atoms with van der Waals surface area (Å²) in [4.78, 5) is 3.92. The molecule has 0 amide bonds. The van der Waals surface area contributed by atoms with Crippen LogP contribution in [0.15, 0.2) is 47.2 Å². The van der Waals surface area contributed by atoms with E-state index < -0.39 is 0 Å². The number of benzene rings is 1. The van der Waals surface area contributed by atoms with Crippen LogP contribution in [-0.2, 0) is 6.54 Å². The summed E-state index contributed by atoms with van der Waals surface area (Å²) in [6.07, 6.45) is 3.43. The minimum absolute atomic E-state index is 0.261. The second-order valence-corrected chi connectivity index (χ2v) is 4.25. The smallest absolute Gasteiger partial charge is 0.147 e. The average Bonchev–Trinajstić information content (AvgIpc) is 2.29. The third-order valence-corrected chi connectivity index (χ3v) is 2.66. The van der Waals surface area contributed by atoms with Crippen molar-refractivity contribution in [3.05, 3.63) is 58.6 Å². The van der Waals surface area contributed by atoms with E-state index in [9.17, 15) is 4.39 Å². The predicted octanol–water partition coefficient (Wildman–Crippen LogP) is 3.60. The molecule has 16 heavy (non-hydrogen) atoms. The third kappa shape index (κ3) is 2.79. The van der Waals surface area contributed by atoms with Gasteiger partial charge in [0.2, 0.25) is 0 Å². The van der Waals surface area contributed by atoms with Crippen LogP contribution in [0.4, 0.5) is 10.1 Å². The number of anilines is 1. The van der Waals surface area contributed by atoms with Crippen LogP contribution in [0.1, 0.15) is 5.56 Å². The Morgan fingerprint density at radius 1 is 1.19 bits per heavy atom. The zero-order chi connectivity index (χ0) is 11.4. The number of hydrogen-bond acceptors (Lipinski definition) is 2. The summed E-state index contributed by atoms with van der Waals surface area (Å²) in [5.41, 5.74) is 1.57. The number of pyridine rings is 1. The lowest BCUT2D eigenvalue weighted by atomic mass is 10.2. The van der Waals surface area contributed by atoms with E-state index in [0.717, 1.165) is 10.0 Å². The molecule has 82 valence electrons. The average molecular weight is 281 g/mol. The number of halogens is 2. The first-order chi connectivity index (χ1) is 7.75. The van der Waals surface area contributed by atoms with Crippen molar-refractivity contribution < 1.29 is 4.39 Å². The molecule has 0 saturated heterocycles. The Labute approximate surface area is 102 Å². The van der Waals surface area contributed by atoms with Crippen molar-refractivity contribution in [2.75, 3.05) is 5.32 Å². The standard InChI is InChI=1S/C12H10BrFN2/c13-10-1-2-12(11(14)7-10)16-8-9-3-5-15-6-4-9/h1-7,16H,8H2. The fourth-order valence-electron chi connectivity index (χ4n) is 1.33. The van der Waals surface area contributed by atoms with Crippen molar-refractivity contribution in [3.63, 3.8) is 0 Å². The van der Waals surface area contributed by atoms with Gasteiger partial charge in [0.05, 0.1) is 5.69 Å². The highest BCUT2D eigenvalue weighted by Gasteiger charge is 2.01. The summed E-state index contributed by atoms with van der Waals surface area (Å²) < 4.78 is 14.2. The number of aromatic nitrogens is 1. The highest BCUT2D eigenvalue weighted by molar-refractivity contribution is 9.10. The predicted molar refractivity (Wildman–Crippen MR) is 65.7 cm³/mol. The fraction of sp³-hybridized carbons (Fsp3) is 0.0833. The third-order valence-electron chi connectivity index (χ3n) is 2.16. The summed E-state index contributed by atoms with van der Waals surface area (Å²) in [7, 11) is 0. The Morgan fingerprint density at radius 2 is 1.94 bits per heavy atom. The Hall–Kier alpha value is -1.42. The van der Waals surface area contributed by atoms with Gasteiger partial charge in [-0.15, -0.1) is 0 Å². The maximum absolute atomic E-state index is 13.4. The molecule has 1 aromatic carbocycles. The van der Waals surface area contributed by atoms with Crippen LogP contribution in [-0.4, -0.2) is 4.98 Å². The lowest BCUT2D eigenvalue weighted by molar-refractivity contribution is 0.629. The largest absolute Gasteiger partial charge is 0.379 e. The molecule has 1 N–H and O–H groups in total. The molecule has 0 aliphatic carbocycles. The number of nitrogens with one attached hydrogen (secondary N) is 1. The van der Waals surface area contributed by atoms with E-state index >= 15 is 0 Å². The van der Waals surface area contributed by atoms with Crippen LogP contribution >= 0.6 is 15.9 Å². The Kier molecular flexibility index (Phi) is 3.51. The lowest BCUT2D eigenvalue weighted by Crippen LogP contribution is -2.01. The minimum atomic E-state index is -0.261. The maximum atomic E-state index is 13.4. The van der Waals surface area contributed by atoms with Gasteiger partial charge in [-0.3, -0.25) is 4.98 Å². The molecule has 2 rings (SSSR count). The number of nitrogens with zero attached hydrogens (tertiary/aromatic N) is 1.